The molecule has 1 atom stereocenters. The topological polar surface area (TPSA) is 54.8 Å². The summed E-state index contributed by atoms with van der Waals surface area (Å²) in [6, 6.07) is 18.4. The summed E-state index contributed by atoms with van der Waals surface area (Å²) in [6.07, 6.45) is 4.16. The third-order valence-electron chi connectivity index (χ3n) is 4.99. The first-order valence-electron chi connectivity index (χ1n) is 9.22. The molecule has 1 aliphatic rings. The molecule has 1 unspecified atom stereocenters. The summed E-state index contributed by atoms with van der Waals surface area (Å²) in [6.45, 7) is 1.88. The second kappa shape index (κ2) is 7.04. The number of hydrogen-bond acceptors (Lipinski definition) is 6. The molecule has 1 saturated heterocycles. The Bertz CT molecular complexity index is 1060. The first kappa shape index (κ1) is 16.3. The molecule has 2 aromatic heterocycles. The number of nitrogens with zero attached hydrogens (tertiary/aromatic N) is 5. The van der Waals surface area contributed by atoms with Crippen molar-refractivity contribution in [2.45, 2.75) is 18.8 Å². The van der Waals surface area contributed by atoms with Crippen LogP contribution in [0.1, 0.15) is 23.8 Å². The maximum absolute atomic E-state index is 4.76. The van der Waals surface area contributed by atoms with Gasteiger partial charge in [0.25, 0.3) is 0 Å². The van der Waals surface area contributed by atoms with Gasteiger partial charge in [0.1, 0.15) is 10.0 Å². The van der Waals surface area contributed by atoms with Gasteiger partial charge in [0, 0.05) is 36.2 Å². The third kappa shape index (κ3) is 3.28. The quantitative estimate of drug-likeness (QED) is 0.528. The molecule has 27 heavy (non-hydrogen) atoms. The summed E-state index contributed by atoms with van der Waals surface area (Å²) in [5, 5.41) is 12.1. The minimum Gasteiger partial charge on any atom is -0.340 e. The SMILES string of the molecule is c1ccc(-c2nnc(C3CCCN(c4ncc5ccccc5n4)C3)s2)cc1. The number of benzene rings is 2. The maximum Gasteiger partial charge on any atom is 0.225 e. The van der Waals surface area contributed by atoms with Gasteiger partial charge < -0.3 is 4.90 Å². The summed E-state index contributed by atoms with van der Waals surface area (Å²) >= 11 is 1.70. The molecule has 0 bridgehead atoms. The van der Waals surface area contributed by atoms with E-state index in [4.69, 9.17) is 4.98 Å². The van der Waals surface area contributed by atoms with Crippen LogP contribution in [0.15, 0.2) is 60.8 Å². The van der Waals surface area contributed by atoms with Crippen LogP contribution in [0.2, 0.25) is 0 Å². The number of fused-ring (bicyclic) bond motifs is 1. The van der Waals surface area contributed by atoms with Crippen molar-refractivity contribution in [3.8, 4) is 10.6 Å². The highest BCUT2D eigenvalue weighted by Crippen LogP contribution is 2.33. The second-order valence-corrected chi connectivity index (χ2v) is 7.83. The molecule has 1 aliphatic heterocycles. The van der Waals surface area contributed by atoms with Crippen LogP contribution in [0, 0.1) is 0 Å². The van der Waals surface area contributed by atoms with Gasteiger partial charge >= 0.3 is 0 Å². The van der Waals surface area contributed by atoms with Gasteiger partial charge in [-0.1, -0.05) is 59.9 Å². The Morgan fingerprint density at radius 1 is 0.963 bits per heavy atom. The number of aromatic nitrogens is 4. The highest BCUT2D eigenvalue weighted by Gasteiger charge is 2.26. The van der Waals surface area contributed by atoms with Crippen molar-refractivity contribution in [1.82, 2.24) is 20.2 Å². The Morgan fingerprint density at radius 2 is 1.81 bits per heavy atom. The lowest BCUT2D eigenvalue weighted by Crippen LogP contribution is -2.35. The van der Waals surface area contributed by atoms with E-state index in [1.165, 1.54) is 0 Å². The predicted molar refractivity (Wildman–Crippen MR) is 109 cm³/mol. The lowest BCUT2D eigenvalue weighted by molar-refractivity contribution is 0.500. The third-order valence-corrected chi connectivity index (χ3v) is 6.13. The van der Waals surface area contributed by atoms with E-state index in [9.17, 15) is 0 Å². The molecule has 134 valence electrons. The van der Waals surface area contributed by atoms with E-state index in [2.05, 4.69) is 32.2 Å². The molecule has 1 fully saturated rings. The number of anilines is 1. The Labute approximate surface area is 161 Å². The standard InChI is InChI=1S/C21H19N5S/c1-2-7-15(8-3-1)19-24-25-20(27-19)17-10-6-12-26(14-17)21-22-13-16-9-4-5-11-18(16)23-21/h1-5,7-9,11,13,17H,6,10,12,14H2. The minimum atomic E-state index is 0.379. The van der Waals surface area contributed by atoms with E-state index in [1.807, 2.05) is 48.7 Å². The number of hydrogen-bond donors (Lipinski definition) is 0. The number of rotatable bonds is 3. The van der Waals surface area contributed by atoms with Gasteiger partial charge in [-0.2, -0.15) is 0 Å². The molecule has 0 saturated carbocycles. The molecule has 0 aliphatic carbocycles. The van der Waals surface area contributed by atoms with E-state index in [-0.39, 0.29) is 0 Å². The molecule has 3 heterocycles. The highest BCUT2D eigenvalue weighted by atomic mass is 32.1. The summed E-state index contributed by atoms with van der Waals surface area (Å²) in [5.41, 5.74) is 2.12. The fourth-order valence-corrected chi connectivity index (χ4v) is 4.55. The first-order valence-corrected chi connectivity index (χ1v) is 10.0. The van der Waals surface area contributed by atoms with Crippen LogP contribution >= 0.6 is 11.3 Å². The smallest absolute Gasteiger partial charge is 0.225 e. The van der Waals surface area contributed by atoms with Gasteiger partial charge in [0.15, 0.2) is 0 Å². The van der Waals surface area contributed by atoms with Crippen molar-refractivity contribution >= 4 is 28.2 Å². The normalized spacial score (nSPS) is 17.3. The second-order valence-electron chi connectivity index (χ2n) is 6.83. The van der Waals surface area contributed by atoms with Crippen LogP contribution in [-0.4, -0.2) is 33.3 Å². The van der Waals surface area contributed by atoms with E-state index in [1.54, 1.807) is 11.3 Å². The summed E-state index contributed by atoms with van der Waals surface area (Å²) in [7, 11) is 0. The number of para-hydroxylation sites is 1. The molecule has 0 N–H and O–H groups in total. The van der Waals surface area contributed by atoms with Gasteiger partial charge in [-0.3, -0.25) is 0 Å². The molecule has 5 rings (SSSR count). The van der Waals surface area contributed by atoms with Crippen molar-refractivity contribution in [1.29, 1.82) is 0 Å². The van der Waals surface area contributed by atoms with Crippen LogP contribution in [-0.2, 0) is 0 Å². The van der Waals surface area contributed by atoms with E-state index < -0.39 is 0 Å². The van der Waals surface area contributed by atoms with Crippen molar-refractivity contribution in [2.75, 3.05) is 18.0 Å². The lowest BCUT2D eigenvalue weighted by atomic mass is 9.99. The molecule has 2 aromatic carbocycles. The Hall–Kier alpha value is -2.86. The van der Waals surface area contributed by atoms with Crippen LogP contribution in [0.5, 0.6) is 0 Å². The van der Waals surface area contributed by atoms with Crippen LogP contribution < -0.4 is 4.90 Å². The van der Waals surface area contributed by atoms with Gasteiger partial charge in [-0.05, 0) is 18.9 Å². The highest BCUT2D eigenvalue weighted by molar-refractivity contribution is 7.14. The van der Waals surface area contributed by atoms with Crippen LogP contribution in [0.25, 0.3) is 21.5 Å². The zero-order valence-electron chi connectivity index (χ0n) is 14.8. The molecule has 4 aromatic rings. The number of piperidine rings is 1. The van der Waals surface area contributed by atoms with Crippen molar-refractivity contribution in [3.63, 3.8) is 0 Å². The molecule has 0 amide bonds. The summed E-state index contributed by atoms with van der Waals surface area (Å²) in [4.78, 5) is 11.6. The molecule has 0 radical (unpaired) electrons. The van der Waals surface area contributed by atoms with E-state index >= 15 is 0 Å². The van der Waals surface area contributed by atoms with Gasteiger partial charge in [-0.25, -0.2) is 9.97 Å². The monoisotopic (exact) mass is 373 g/mol. The Morgan fingerprint density at radius 3 is 2.74 bits per heavy atom. The zero-order valence-corrected chi connectivity index (χ0v) is 15.6. The summed E-state index contributed by atoms with van der Waals surface area (Å²) in [5.74, 6) is 1.19. The fourth-order valence-electron chi connectivity index (χ4n) is 3.57. The maximum atomic E-state index is 4.76. The van der Waals surface area contributed by atoms with E-state index in [0.717, 1.165) is 58.4 Å². The van der Waals surface area contributed by atoms with Gasteiger partial charge in [-0.15, -0.1) is 10.2 Å². The van der Waals surface area contributed by atoms with Crippen molar-refractivity contribution in [3.05, 3.63) is 65.8 Å². The Kier molecular flexibility index (Phi) is 4.26. The average molecular weight is 373 g/mol. The lowest BCUT2D eigenvalue weighted by Gasteiger charge is -2.31. The van der Waals surface area contributed by atoms with Crippen molar-refractivity contribution < 1.29 is 0 Å². The largest absolute Gasteiger partial charge is 0.340 e. The molecule has 0 spiro atoms. The average Bonchev–Trinajstić information content (AvgIpc) is 3.25. The molecular weight excluding hydrogens is 354 g/mol. The molecular formula is C21H19N5S. The summed E-state index contributed by atoms with van der Waals surface area (Å²) < 4.78 is 0. The van der Waals surface area contributed by atoms with Gasteiger partial charge in [0.05, 0.1) is 5.52 Å². The first-order chi connectivity index (χ1) is 13.4. The van der Waals surface area contributed by atoms with Crippen LogP contribution in [0.4, 0.5) is 5.95 Å². The Balaban J connectivity index is 1.38. The minimum absolute atomic E-state index is 0.379. The fraction of sp³-hybridized carbons (Fsp3) is 0.238. The predicted octanol–water partition coefficient (Wildman–Crippen LogP) is 4.53. The van der Waals surface area contributed by atoms with Crippen molar-refractivity contribution in [2.24, 2.45) is 0 Å². The molecule has 6 heteroatoms. The van der Waals surface area contributed by atoms with Crippen LogP contribution in [0.3, 0.4) is 0 Å². The van der Waals surface area contributed by atoms with Gasteiger partial charge in [0.2, 0.25) is 5.95 Å². The van der Waals surface area contributed by atoms with E-state index in [0.29, 0.717) is 5.92 Å². The molecule has 5 nitrogen and oxygen atoms in total. The zero-order chi connectivity index (χ0) is 18.1.